The molecule has 3 aromatic rings. The largest absolute Gasteiger partial charge is 0.370 e. The highest BCUT2D eigenvalue weighted by atomic mass is 32.2. The van der Waals surface area contributed by atoms with E-state index in [0.717, 1.165) is 22.4 Å². The molecule has 4 rings (SSSR count). The number of anilines is 1. The first kappa shape index (κ1) is 27.4. The predicted octanol–water partition coefficient (Wildman–Crippen LogP) is 3.17. The van der Waals surface area contributed by atoms with Crippen molar-refractivity contribution >= 4 is 22.1 Å². The van der Waals surface area contributed by atoms with E-state index in [1.165, 1.54) is 4.31 Å². The molecule has 1 heterocycles. The van der Waals surface area contributed by atoms with Gasteiger partial charge in [0.15, 0.2) is 5.72 Å². The summed E-state index contributed by atoms with van der Waals surface area (Å²) >= 11 is 0. The zero-order valence-electron chi connectivity index (χ0n) is 21.5. The summed E-state index contributed by atoms with van der Waals surface area (Å²) in [5, 5.41) is 13.5. The van der Waals surface area contributed by atoms with Crippen LogP contribution in [0.25, 0.3) is 0 Å². The van der Waals surface area contributed by atoms with Gasteiger partial charge in [-0.3, -0.25) is 4.79 Å². The molecule has 1 unspecified atom stereocenters. The second-order valence-electron chi connectivity index (χ2n) is 9.61. The number of rotatable bonds is 9. The van der Waals surface area contributed by atoms with Crippen molar-refractivity contribution in [1.82, 2.24) is 9.62 Å². The van der Waals surface area contributed by atoms with Crippen LogP contribution in [-0.2, 0) is 14.8 Å². The Balaban J connectivity index is 1.36. The quantitative estimate of drug-likeness (QED) is 0.252. The van der Waals surface area contributed by atoms with Crippen LogP contribution >= 0.6 is 0 Å². The summed E-state index contributed by atoms with van der Waals surface area (Å²) in [6, 6.07) is 27.2. The van der Waals surface area contributed by atoms with E-state index in [0.29, 0.717) is 32.6 Å². The summed E-state index contributed by atoms with van der Waals surface area (Å²) in [7, 11) is -3.82. The minimum absolute atomic E-state index is 0.0778. The third kappa shape index (κ3) is 7.23. The summed E-state index contributed by atoms with van der Waals surface area (Å²) < 4.78 is 27.9. The van der Waals surface area contributed by atoms with Gasteiger partial charge in [-0.05, 0) is 47.9 Å². The van der Waals surface area contributed by atoms with Crippen LogP contribution in [0.1, 0.15) is 36.0 Å². The minimum atomic E-state index is -3.82. The Morgan fingerprint density at radius 2 is 1.45 bits per heavy atom. The SMILES string of the molecule is C[C@@H](CC(O)(CS(=O)(=O)N1CCN(c2ccc(C#Cc3ccccc3)cc2)CC1)NC=O)c1ccccc1. The average Bonchev–Trinajstić information content (AvgIpc) is 2.93. The second-order valence-corrected chi connectivity index (χ2v) is 11.6. The van der Waals surface area contributed by atoms with Crippen molar-refractivity contribution in [1.29, 1.82) is 0 Å². The Morgan fingerprint density at radius 1 is 0.895 bits per heavy atom. The van der Waals surface area contributed by atoms with Gasteiger partial charge in [-0.25, -0.2) is 8.42 Å². The molecule has 8 heteroatoms. The van der Waals surface area contributed by atoms with Gasteiger partial charge in [0.25, 0.3) is 0 Å². The summed E-state index contributed by atoms with van der Waals surface area (Å²) in [5.41, 5.74) is 1.96. The number of hydrogen-bond donors (Lipinski definition) is 2. The van der Waals surface area contributed by atoms with E-state index in [2.05, 4.69) is 22.1 Å². The summed E-state index contributed by atoms with van der Waals surface area (Å²) in [5.74, 6) is 5.58. The maximum Gasteiger partial charge on any atom is 0.218 e. The average molecular weight is 532 g/mol. The van der Waals surface area contributed by atoms with Crippen LogP contribution in [0.3, 0.4) is 0 Å². The normalized spacial score (nSPS) is 16.5. The maximum absolute atomic E-state index is 13.2. The highest BCUT2D eigenvalue weighted by Crippen LogP contribution is 2.27. The molecule has 0 aromatic heterocycles. The fourth-order valence-electron chi connectivity index (χ4n) is 4.71. The molecule has 2 atom stereocenters. The Bertz CT molecular complexity index is 1360. The first-order valence-electron chi connectivity index (χ1n) is 12.7. The van der Waals surface area contributed by atoms with Gasteiger partial charge < -0.3 is 15.3 Å². The molecular weight excluding hydrogens is 498 g/mol. The molecule has 2 N–H and O–H groups in total. The Hall–Kier alpha value is -3.64. The summed E-state index contributed by atoms with van der Waals surface area (Å²) in [6.45, 7) is 3.53. The molecule has 198 valence electrons. The molecule has 1 aliphatic rings. The standard InChI is InChI=1S/C30H33N3O4S/c1-25(28-10-6-3-7-11-28)22-30(35,31-24-34)23-38(36,37)33-20-18-32(19-21-33)29-16-14-27(15-17-29)13-12-26-8-4-2-5-9-26/h2-11,14-17,24-25,35H,18-23H2,1H3,(H,31,34)/t25-,30?/m0/s1. The third-order valence-corrected chi connectivity index (χ3v) is 8.75. The zero-order chi connectivity index (χ0) is 27.0. The number of piperazine rings is 1. The van der Waals surface area contributed by atoms with Gasteiger partial charge >= 0.3 is 0 Å². The van der Waals surface area contributed by atoms with Crippen LogP contribution in [-0.4, -0.2) is 61.9 Å². The van der Waals surface area contributed by atoms with Gasteiger partial charge in [-0.1, -0.05) is 67.3 Å². The highest BCUT2D eigenvalue weighted by molar-refractivity contribution is 7.89. The Morgan fingerprint density at radius 3 is 2.03 bits per heavy atom. The first-order valence-corrected chi connectivity index (χ1v) is 14.3. The number of nitrogens with zero attached hydrogens (tertiary/aromatic N) is 2. The van der Waals surface area contributed by atoms with Gasteiger partial charge in [-0.15, -0.1) is 0 Å². The van der Waals surface area contributed by atoms with Gasteiger partial charge in [0, 0.05) is 49.4 Å². The summed E-state index contributed by atoms with van der Waals surface area (Å²) in [4.78, 5) is 13.4. The lowest BCUT2D eigenvalue weighted by Gasteiger charge is -2.37. The Labute approximate surface area is 225 Å². The molecule has 1 aliphatic heterocycles. The van der Waals surface area contributed by atoms with Crippen LogP contribution < -0.4 is 10.2 Å². The van der Waals surface area contributed by atoms with E-state index in [1.807, 2.05) is 91.9 Å². The van der Waals surface area contributed by atoms with Gasteiger partial charge in [0.05, 0.1) is 0 Å². The smallest absolute Gasteiger partial charge is 0.218 e. The van der Waals surface area contributed by atoms with Gasteiger partial charge in [0.2, 0.25) is 16.4 Å². The van der Waals surface area contributed by atoms with E-state index in [-0.39, 0.29) is 12.3 Å². The molecular formula is C30H33N3O4S. The molecule has 0 spiro atoms. The first-order chi connectivity index (χ1) is 18.3. The van der Waals surface area contributed by atoms with Crippen molar-refractivity contribution in [3.05, 3.63) is 102 Å². The number of hydrogen-bond acceptors (Lipinski definition) is 5. The van der Waals surface area contributed by atoms with Crippen molar-refractivity contribution in [2.24, 2.45) is 0 Å². The van der Waals surface area contributed by atoms with Crippen molar-refractivity contribution < 1.29 is 18.3 Å². The van der Waals surface area contributed by atoms with Gasteiger partial charge in [-0.2, -0.15) is 4.31 Å². The number of carbonyl (C=O) groups excluding carboxylic acids is 1. The van der Waals surface area contributed by atoms with E-state index in [4.69, 9.17) is 0 Å². The minimum Gasteiger partial charge on any atom is -0.370 e. The van der Waals surface area contributed by atoms with Crippen molar-refractivity contribution in [2.45, 2.75) is 25.0 Å². The lowest BCUT2D eigenvalue weighted by Crippen LogP contribution is -2.56. The number of benzene rings is 3. The van der Waals surface area contributed by atoms with Crippen molar-refractivity contribution in [3.63, 3.8) is 0 Å². The maximum atomic E-state index is 13.2. The van der Waals surface area contributed by atoms with E-state index < -0.39 is 21.5 Å². The van der Waals surface area contributed by atoms with Crippen LogP contribution in [0.2, 0.25) is 0 Å². The number of nitrogens with one attached hydrogen (secondary N) is 1. The molecule has 0 bridgehead atoms. The fraction of sp³-hybridized carbons (Fsp3) is 0.300. The van der Waals surface area contributed by atoms with Crippen LogP contribution in [0.15, 0.2) is 84.9 Å². The molecule has 0 radical (unpaired) electrons. The lowest BCUT2D eigenvalue weighted by molar-refractivity contribution is -0.116. The number of sulfonamides is 1. The number of aliphatic hydroxyl groups is 1. The molecule has 1 fully saturated rings. The van der Waals surface area contributed by atoms with Gasteiger partial charge in [0.1, 0.15) is 5.75 Å². The highest BCUT2D eigenvalue weighted by Gasteiger charge is 2.38. The van der Waals surface area contributed by atoms with Crippen molar-refractivity contribution in [3.8, 4) is 11.8 Å². The zero-order valence-corrected chi connectivity index (χ0v) is 22.3. The number of amides is 1. The van der Waals surface area contributed by atoms with Crippen LogP contribution in [0.4, 0.5) is 5.69 Å². The molecule has 7 nitrogen and oxygen atoms in total. The molecule has 0 aliphatic carbocycles. The van der Waals surface area contributed by atoms with Crippen LogP contribution in [0, 0.1) is 11.8 Å². The topological polar surface area (TPSA) is 89.9 Å². The fourth-order valence-corrected chi connectivity index (χ4v) is 6.42. The van der Waals surface area contributed by atoms with Crippen molar-refractivity contribution in [2.75, 3.05) is 36.8 Å². The monoisotopic (exact) mass is 531 g/mol. The number of carbonyl (C=O) groups is 1. The molecule has 3 aromatic carbocycles. The van der Waals surface area contributed by atoms with E-state index in [1.54, 1.807) is 0 Å². The van der Waals surface area contributed by atoms with E-state index >= 15 is 0 Å². The molecule has 1 saturated heterocycles. The van der Waals surface area contributed by atoms with E-state index in [9.17, 15) is 18.3 Å². The second kappa shape index (κ2) is 12.3. The molecule has 1 amide bonds. The van der Waals surface area contributed by atoms with Crippen LogP contribution in [0.5, 0.6) is 0 Å². The third-order valence-electron chi connectivity index (χ3n) is 6.75. The predicted molar refractivity (Wildman–Crippen MR) is 150 cm³/mol. The Kier molecular flexibility index (Phi) is 8.85. The molecule has 0 saturated carbocycles. The summed E-state index contributed by atoms with van der Waals surface area (Å²) in [6.07, 6.45) is 0.438. The lowest BCUT2D eigenvalue weighted by atomic mass is 9.93. The molecule has 38 heavy (non-hydrogen) atoms.